The van der Waals surface area contributed by atoms with Crippen LogP contribution in [0.5, 0.6) is 5.75 Å². The van der Waals surface area contributed by atoms with E-state index < -0.39 is 0 Å². The topological polar surface area (TPSA) is 82.5 Å². The fourth-order valence-corrected chi connectivity index (χ4v) is 3.60. The summed E-state index contributed by atoms with van der Waals surface area (Å²) in [6, 6.07) is 13.1. The molecule has 4 aromatic rings. The fraction of sp³-hybridized carbons (Fsp3) is 0.238. The van der Waals surface area contributed by atoms with Crippen LogP contribution in [0.2, 0.25) is 0 Å². The van der Waals surface area contributed by atoms with E-state index in [1.54, 1.807) is 4.40 Å². The van der Waals surface area contributed by atoms with Gasteiger partial charge in [-0.15, -0.1) is 10.2 Å². The first-order chi connectivity index (χ1) is 14.0. The average Bonchev–Trinajstić information content (AvgIpc) is 3.15. The van der Waals surface area contributed by atoms with E-state index >= 15 is 0 Å². The van der Waals surface area contributed by atoms with E-state index in [0.29, 0.717) is 28.2 Å². The quantitative estimate of drug-likeness (QED) is 0.448. The second-order valence-electron chi connectivity index (χ2n) is 6.75. The molecule has 0 fully saturated rings. The third-order valence-corrected chi connectivity index (χ3v) is 5.27. The summed E-state index contributed by atoms with van der Waals surface area (Å²) in [5.41, 5.74) is 4.22. The molecule has 3 heterocycles. The van der Waals surface area contributed by atoms with Gasteiger partial charge in [-0.25, -0.2) is 4.98 Å². The first-order valence-electron chi connectivity index (χ1n) is 9.13. The monoisotopic (exact) mass is 408 g/mol. The molecule has 3 aromatic heterocycles. The third kappa shape index (κ3) is 4.32. The minimum Gasteiger partial charge on any atom is -0.484 e. The van der Waals surface area contributed by atoms with Crippen LogP contribution in [0.15, 0.2) is 56.9 Å². The smallest absolute Gasteiger partial charge is 0.277 e. The van der Waals surface area contributed by atoms with E-state index in [-0.39, 0.29) is 12.2 Å². The van der Waals surface area contributed by atoms with Crippen LogP contribution in [-0.4, -0.2) is 19.6 Å². The molecule has 0 N–H and O–H groups in total. The molecule has 0 aliphatic rings. The van der Waals surface area contributed by atoms with Crippen molar-refractivity contribution in [3.05, 3.63) is 81.2 Å². The van der Waals surface area contributed by atoms with Crippen molar-refractivity contribution < 1.29 is 9.15 Å². The van der Waals surface area contributed by atoms with Crippen LogP contribution in [0.1, 0.15) is 28.4 Å². The van der Waals surface area contributed by atoms with E-state index in [2.05, 4.69) is 15.2 Å². The van der Waals surface area contributed by atoms with Gasteiger partial charge in [-0.05, 0) is 50.1 Å². The Labute approximate surface area is 171 Å². The van der Waals surface area contributed by atoms with E-state index in [4.69, 9.17) is 9.15 Å². The number of hydrogen-bond acceptors (Lipinski definition) is 7. The van der Waals surface area contributed by atoms with Gasteiger partial charge >= 0.3 is 0 Å². The number of benzene rings is 1. The number of rotatable bonds is 6. The first-order valence-corrected chi connectivity index (χ1v) is 10.1. The number of hydrogen-bond donors (Lipinski definition) is 0. The summed E-state index contributed by atoms with van der Waals surface area (Å²) >= 11 is 1.34. The lowest BCUT2D eigenvalue weighted by Gasteiger charge is -2.07. The molecule has 0 aliphatic carbocycles. The van der Waals surface area contributed by atoms with Gasteiger partial charge in [0.25, 0.3) is 16.7 Å². The van der Waals surface area contributed by atoms with E-state index in [0.717, 1.165) is 22.6 Å². The van der Waals surface area contributed by atoms with Crippen molar-refractivity contribution in [2.75, 3.05) is 0 Å². The summed E-state index contributed by atoms with van der Waals surface area (Å²) in [6.45, 7) is 6.09. The molecule has 0 unspecified atom stereocenters. The van der Waals surface area contributed by atoms with Crippen molar-refractivity contribution in [3.8, 4) is 5.75 Å². The molecule has 0 atom stereocenters. The van der Waals surface area contributed by atoms with Crippen LogP contribution < -0.4 is 10.3 Å². The number of aromatic nitrogens is 4. The molecular formula is C21H20N4O3S. The van der Waals surface area contributed by atoms with Gasteiger partial charge in [0.2, 0.25) is 0 Å². The van der Waals surface area contributed by atoms with E-state index in [1.807, 2.05) is 57.2 Å². The molecule has 7 nitrogen and oxygen atoms in total. The lowest BCUT2D eigenvalue weighted by atomic mass is 10.1. The second-order valence-corrected chi connectivity index (χ2v) is 7.68. The third-order valence-electron chi connectivity index (χ3n) is 4.42. The summed E-state index contributed by atoms with van der Waals surface area (Å²) in [7, 11) is 0. The summed E-state index contributed by atoms with van der Waals surface area (Å²) in [4.78, 5) is 16.9. The van der Waals surface area contributed by atoms with Crippen molar-refractivity contribution in [3.63, 3.8) is 0 Å². The van der Waals surface area contributed by atoms with Gasteiger partial charge in [0, 0.05) is 17.5 Å². The average molecular weight is 408 g/mol. The van der Waals surface area contributed by atoms with E-state index in [1.165, 1.54) is 17.8 Å². The molecule has 29 heavy (non-hydrogen) atoms. The highest BCUT2D eigenvalue weighted by Crippen LogP contribution is 2.23. The van der Waals surface area contributed by atoms with Crippen LogP contribution in [0.4, 0.5) is 0 Å². The predicted octanol–water partition coefficient (Wildman–Crippen LogP) is 3.87. The summed E-state index contributed by atoms with van der Waals surface area (Å²) < 4.78 is 13.0. The Kier molecular flexibility index (Phi) is 5.35. The minimum absolute atomic E-state index is 0.100. The van der Waals surface area contributed by atoms with E-state index in [9.17, 15) is 4.79 Å². The lowest BCUT2D eigenvalue weighted by molar-refractivity contribution is 0.250. The Bertz CT molecular complexity index is 1230. The Hall–Kier alpha value is -3.13. The number of nitrogens with zero attached hydrogens (tertiary/aromatic N) is 4. The van der Waals surface area contributed by atoms with Crippen molar-refractivity contribution >= 4 is 17.4 Å². The molecule has 0 amide bonds. The second kappa shape index (κ2) is 8.08. The molecule has 1 aromatic carbocycles. The summed E-state index contributed by atoms with van der Waals surface area (Å²) in [5, 5.41) is 8.48. The molecule has 148 valence electrons. The number of fused-ring (bicyclic) bond motifs is 1. The van der Waals surface area contributed by atoms with Gasteiger partial charge in [-0.2, -0.15) is 0 Å². The number of aryl methyl sites for hydroxylation is 3. The van der Waals surface area contributed by atoms with Crippen molar-refractivity contribution in [2.45, 2.75) is 38.4 Å². The van der Waals surface area contributed by atoms with Gasteiger partial charge in [-0.1, -0.05) is 30.0 Å². The van der Waals surface area contributed by atoms with Crippen LogP contribution in [0.25, 0.3) is 5.65 Å². The zero-order valence-electron chi connectivity index (χ0n) is 16.4. The SMILES string of the molecule is Cc1ccc(C)c(OCc2nnc(SCc3cc(=O)n4c(C)cccc4n3)o2)c1. The van der Waals surface area contributed by atoms with Crippen LogP contribution in [0, 0.1) is 20.8 Å². The fourth-order valence-electron chi connectivity index (χ4n) is 2.93. The van der Waals surface area contributed by atoms with Gasteiger partial charge in [0.1, 0.15) is 11.4 Å². The van der Waals surface area contributed by atoms with Crippen molar-refractivity contribution in [2.24, 2.45) is 0 Å². The van der Waals surface area contributed by atoms with Crippen LogP contribution >= 0.6 is 11.8 Å². The highest BCUT2D eigenvalue weighted by Gasteiger charge is 2.11. The largest absolute Gasteiger partial charge is 0.484 e. The predicted molar refractivity (Wildman–Crippen MR) is 110 cm³/mol. The molecule has 4 rings (SSSR count). The summed E-state index contributed by atoms with van der Waals surface area (Å²) in [6.07, 6.45) is 0. The van der Waals surface area contributed by atoms with Gasteiger partial charge in [0.15, 0.2) is 6.61 Å². The van der Waals surface area contributed by atoms with Crippen LogP contribution in [-0.2, 0) is 12.4 Å². The summed E-state index contributed by atoms with van der Waals surface area (Å²) in [5.74, 6) is 1.66. The first kappa shape index (κ1) is 19.2. The Morgan fingerprint density at radius 1 is 1.10 bits per heavy atom. The molecule has 0 radical (unpaired) electrons. The standard InChI is InChI=1S/C21H20N4O3S/c1-13-7-8-14(2)17(9-13)27-11-19-23-24-21(28-19)29-12-16-10-20(26)25-15(3)5-4-6-18(25)22-16/h4-10H,11-12H2,1-3H3. The molecule has 0 spiro atoms. The number of ether oxygens (including phenoxy) is 1. The van der Waals surface area contributed by atoms with Gasteiger partial charge in [-0.3, -0.25) is 9.20 Å². The molecule has 0 saturated heterocycles. The van der Waals surface area contributed by atoms with Crippen molar-refractivity contribution in [1.29, 1.82) is 0 Å². The number of pyridine rings is 1. The maximum Gasteiger partial charge on any atom is 0.277 e. The zero-order chi connectivity index (χ0) is 20.4. The Morgan fingerprint density at radius 2 is 1.97 bits per heavy atom. The maximum absolute atomic E-state index is 12.4. The zero-order valence-corrected chi connectivity index (χ0v) is 17.2. The maximum atomic E-state index is 12.4. The molecular weight excluding hydrogens is 388 g/mol. The molecule has 0 saturated carbocycles. The van der Waals surface area contributed by atoms with Gasteiger partial charge in [0.05, 0.1) is 5.69 Å². The number of thioether (sulfide) groups is 1. The molecule has 0 bridgehead atoms. The Morgan fingerprint density at radius 3 is 2.83 bits per heavy atom. The molecule has 0 aliphatic heterocycles. The lowest BCUT2D eigenvalue weighted by Crippen LogP contribution is -2.17. The van der Waals surface area contributed by atoms with Gasteiger partial charge < -0.3 is 9.15 Å². The van der Waals surface area contributed by atoms with Crippen molar-refractivity contribution in [1.82, 2.24) is 19.6 Å². The minimum atomic E-state index is -0.100. The highest BCUT2D eigenvalue weighted by atomic mass is 32.2. The normalized spacial score (nSPS) is 11.1. The Balaban J connectivity index is 1.41. The molecule has 8 heteroatoms. The highest BCUT2D eigenvalue weighted by molar-refractivity contribution is 7.98. The van der Waals surface area contributed by atoms with Crippen LogP contribution in [0.3, 0.4) is 0 Å².